The van der Waals surface area contributed by atoms with E-state index in [4.69, 9.17) is 0 Å². The van der Waals surface area contributed by atoms with Crippen molar-refractivity contribution in [3.8, 4) is 0 Å². The first kappa shape index (κ1) is 23.2. The highest BCUT2D eigenvalue weighted by molar-refractivity contribution is 6.07. The van der Waals surface area contributed by atoms with Gasteiger partial charge in [-0.3, -0.25) is 19.7 Å². The maximum Gasteiger partial charge on any atom is 0.269 e. The van der Waals surface area contributed by atoms with Crippen LogP contribution in [-0.4, -0.2) is 22.8 Å². The van der Waals surface area contributed by atoms with E-state index in [1.165, 1.54) is 24.3 Å². The fourth-order valence-corrected chi connectivity index (χ4v) is 4.71. The SMILES string of the molecule is CCC(=O)N(c1ccccc1)C1c2ccccc2N(C(=O)c2ccc([N+](=O)[O-])cc2)[C@H](C)[C@@H]1C. The molecule has 1 heterocycles. The Kier molecular flexibility index (Phi) is 6.45. The van der Waals surface area contributed by atoms with Gasteiger partial charge in [-0.1, -0.05) is 50.2 Å². The molecular formula is C27H27N3O4. The summed E-state index contributed by atoms with van der Waals surface area (Å²) in [6, 6.07) is 22.5. The number of carbonyl (C=O) groups is 2. The van der Waals surface area contributed by atoms with E-state index in [0.717, 1.165) is 16.9 Å². The standard InChI is InChI=1S/C27H27N3O4/c1-4-25(31)29(21-10-6-5-7-11-21)26-18(2)19(3)28(24-13-9-8-12-23(24)26)27(32)20-14-16-22(17-15-20)30(33)34/h5-19,26H,4H2,1-3H3/t18-,19+,26?/m0/s1. The predicted octanol–water partition coefficient (Wildman–Crippen LogP) is 5.76. The number of anilines is 2. The van der Waals surface area contributed by atoms with Crippen LogP contribution < -0.4 is 9.80 Å². The van der Waals surface area contributed by atoms with Crippen molar-refractivity contribution in [1.82, 2.24) is 0 Å². The lowest BCUT2D eigenvalue weighted by Gasteiger charge is -2.47. The smallest absolute Gasteiger partial charge is 0.269 e. The van der Waals surface area contributed by atoms with Crippen molar-refractivity contribution in [1.29, 1.82) is 0 Å². The molecular weight excluding hydrogens is 430 g/mol. The van der Waals surface area contributed by atoms with Gasteiger partial charge in [0.05, 0.1) is 11.0 Å². The molecule has 1 aliphatic rings. The van der Waals surface area contributed by atoms with Crippen LogP contribution in [0.4, 0.5) is 17.1 Å². The summed E-state index contributed by atoms with van der Waals surface area (Å²) < 4.78 is 0. The Morgan fingerprint density at radius 2 is 1.56 bits per heavy atom. The number of para-hydroxylation sites is 2. The molecule has 0 N–H and O–H groups in total. The van der Waals surface area contributed by atoms with E-state index >= 15 is 0 Å². The third-order valence-corrected chi connectivity index (χ3v) is 6.61. The molecule has 0 fully saturated rings. The molecule has 1 unspecified atom stereocenters. The van der Waals surface area contributed by atoms with E-state index in [-0.39, 0.29) is 35.5 Å². The molecule has 34 heavy (non-hydrogen) atoms. The average molecular weight is 458 g/mol. The number of non-ortho nitro benzene ring substituents is 1. The van der Waals surface area contributed by atoms with Gasteiger partial charge in [-0.25, -0.2) is 0 Å². The summed E-state index contributed by atoms with van der Waals surface area (Å²) in [6.07, 6.45) is 0.361. The van der Waals surface area contributed by atoms with Crippen LogP contribution in [0.5, 0.6) is 0 Å². The number of fused-ring (bicyclic) bond motifs is 1. The van der Waals surface area contributed by atoms with Crippen LogP contribution in [-0.2, 0) is 4.79 Å². The Hall–Kier alpha value is -4.00. The van der Waals surface area contributed by atoms with Crippen LogP contribution >= 0.6 is 0 Å². The zero-order valence-corrected chi connectivity index (χ0v) is 19.4. The second-order valence-corrected chi connectivity index (χ2v) is 8.54. The van der Waals surface area contributed by atoms with E-state index in [2.05, 4.69) is 6.92 Å². The normalized spacial score (nSPS) is 19.3. The summed E-state index contributed by atoms with van der Waals surface area (Å²) in [7, 11) is 0. The third kappa shape index (κ3) is 4.05. The molecule has 7 heteroatoms. The maximum atomic E-state index is 13.6. The molecule has 0 saturated carbocycles. The quantitative estimate of drug-likeness (QED) is 0.360. The van der Waals surface area contributed by atoms with E-state index < -0.39 is 4.92 Å². The molecule has 3 aromatic carbocycles. The largest absolute Gasteiger partial charge is 0.305 e. The molecule has 174 valence electrons. The van der Waals surface area contributed by atoms with Crippen molar-refractivity contribution in [3.63, 3.8) is 0 Å². The molecule has 0 aliphatic carbocycles. The molecule has 0 radical (unpaired) electrons. The van der Waals surface area contributed by atoms with Crippen molar-refractivity contribution in [3.05, 3.63) is 100 Å². The zero-order valence-electron chi connectivity index (χ0n) is 19.4. The number of nitrogens with zero attached hydrogens (tertiary/aromatic N) is 3. The van der Waals surface area contributed by atoms with Crippen LogP contribution in [0.2, 0.25) is 0 Å². The fraction of sp³-hybridized carbons (Fsp3) is 0.259. The summed E-state index contributed by atoms with van der Waals surface area (Å²) in [5.41, 5.74) is 2.78. The highest BCUT2D eigenvalue weighted by Gasteiger charge is 2.43. The molecule has 3 atom stereocenters. The van der Waals surface area contributed by atoms with Crippen molar-refractivity contribution >= 4 is 28.9 Å². The van der Waals surface area contributed by atoms with E-state index in [9.17, 15) is 19.7 Å². The summed E-state index contributed by atoms with van der Waals surface area (Å²) in [5, 5.41) is 11.0. The van der Waals surface area contributed by atoms with Gasteiger partial charge < -0.3 is 9.80 Å². The van der Waals surface area contributed by atoms with Crippen LogP contribution in [0.3, 0.4) is 0 Å². The lowest BCUT2D eigenvalue weighted by Crippen LogP contribution is -2.52. The first-order valence-electron chi connectivity index (χ1n) is 11.4. The van der Waals surface area contributed by atoms with Gasteiger partial charge in [0.1, 0.15) is 0 Å². The lowest BCUT2D eigenvalue weighted by atomic mass is 9.81. The summed E-state index contributed by atoms with van der Waals surface area (Å²) in [4.78, 5) is 40.9. The Bertz CT molecular complexity index is 1210. The minimum absolute atomic E-state index is 0.0141. The second-order valence-electron chi connectivity index (χ2n) is 8.54. The Balaban J connectivity index is 1.80. The van der Waals surface area contributed by atoms with Gasteiger partial charge in [-0.05, 0) is 42.8 Å². The van der Waals surface area contributed by atoms with E-state index in [0.29, 0.717) is 12.0 Å². The Morgan fingerprint density at radius 3 is 2.18 bits per heavy atom. The van der Waals surface area contributed by atoms with Gasteiger partial charge >= 0.3 is 0 Å². The fourth-order valence-electron chi connectivity index (χ4n) is 4.71. The third-order valence-electron chi connectivity index (χ3n) is 6.61. The van der Waals surface area contributed by atoms with Crippen molar-refractivity contribution < 1.29 is 14.5 Å². The Morgan fingerprint density at radius 1 is 0.941 bits per heavy atom. The van der Waals surface area contributed by atoms with Gasteiger partial charge in [0.2, 0.25) is 5.91 Å². The van der Waals surface area contributed by atoms with Crippen LogP contribution in [0, 0.1) is 16.0 Å². The number of amides is 2. The summed E-state index contributed by atoms with van der Waals surface area (Å²) in [6.45, 7) is 5.89. The number of rotatable bonds is 5. The maximum absolute atomic E-state index is 13.6. The minimum atomic E-state index is -0.483. The number of benzene rings is 3. The molecule has 4 rings (SSSR count). The predicted molar refractivity (Wildman–Crippen MR) is 132 cm³/mol. The van der Waals surface area contributed by atoms with Crippen LogP contribution in [0.1, 0.15) is 49.2 Å². The zero-order chi connectivity index (χ0) is 24.4. The minimum Gasteiger partial charge on any atom is -0.305 e. The first-order valence-corrected chi connectivity index (χ1v) is 11.4. The van der Waals surface area contributed by atoms with E-state index in [1.807, 2.05) is 73.3 Å². The summed E-state index contributed by atoms with van der Waals surface area (Å²) >= 11 is 0. The highest BCUT2D eigenvalue weighted by Crippen LogP contribution is 2.46. The van der Waals surface area contributed by atoms with Crippen molar-refractivity contribution in [2.24, 2.45) is 5.92 Å². The first-order chi connectivity index (χ1) is 16.3. The average Bonchev–Trinajstić information content (AvgIpc) is 2.87. The van der Waals surface area contributed by atoms with Gasteiger partial charge in [0.15, 0.2) is 0 Å². The summed E-state index contributed by atoms with van der Waals surface area (Å²) in [5.74, 6) is -0.291. The molecule has 3 aromatic rings. The molecule has 0 saturated heterocycles. The van der Waals surface area contributed by atoms with E-state index in [1.54, 1.807) is 4.90 Å². The second kappa shape index (κ2) is 9.47. The lowest BCUT2D eigenvalue weighted by molar-refractivity contribution is -0.384. The number of nitro groups is 1. The number of hydrogen-bond donors (Lipinski definition) is 0. The number of carbonyl (C=O) groups excluding carboxylic acids is 2. The van der Waals surface area contributed by atoms with Crippen LogP contribution in [0.15, 0.2) is 78.9 Å². The van der Waals surface area contributed by atoms with Crippen molar-refractivity contribution in [2.75, 3.05) is 9.80 Å². The van der Waals surface area contributed by atoms with Gasteiger partial charge in [0.25, 0.3) is 11.6 Å². The van der Waals surface area contributed by atoms with Gasteiger partial charge in [-0.15, -0.1) is 0 Å². The molecule has 1 aliphatic heterocycles. The number of hydrogen-bond acceptors (Lipinski definition) is 4. The monoisotopic (exact) mass is 457 g/mol. The van der Waals surface area contributed by atoms with Crippen LogP contribution in [0.25, 0.3) is 0 Å². The van der Waals surface area contributed by atoms with Gasteiger partial charge in [-0.2, -0.15) is 0 Å². The Labute approximate surface area is 198 Å². The molecule has 7 nitrogen and oxygen atoms in total. The molecule has 0 bridgehead atoms. The van der Waals surface area contributed by atoms with Gasteiger partial charge in [0, 0.05) is 47.5 Å². The molecule has 0 aromatic heterocycles. The molecule has 2 amide bonds. The highest BCUT2D eigenvalue weighted by atomic mass is 16.6. The topological polar surface area (TPSA) is 83.8 Å². The molecule has 0 spiro atoms. The van der Waals surface area contributed by atoms with Crippen molar-refractivity contribution in [2.45, 2.75) is 39.3 Å². The number of nitro benzene ring substituents is 1.